The Morgan fingerprint density at radius 2 is 2.14 bits per heavy atom. The molecule has 0 atom stereocenters. The quantitative estimate of drug-likeness (QED) is 0.868. The van der Waals surface area contributed by atoms with Crippen LogP contribution in [0.2, 0.25) is 0 Å². The largest absolute Gasteiger partial charge is 0.416 e. The summed E-state index contributed by atoms with van der Waals surface area (Å²) in [7, 11) is 0. The highest BCUT2D eigenvalue weighted by Gasteiger charge is 2.30. The van der Waals surface area contributed by atoms with E-state index in [1.807, 2.05) is 0 Å². The Labute approximate surface area is 124 Å². The first-order valence-electron chi connectivity index (χ1n) is 6.24. The van der Waals surface area contributed by atoms with E-state index in [0.717, 1.165) is 12.1 Å². The lowest BCUT2D eigenvalue weighted by molar-refractivity contribution is -0.137. The van der Waals surface area contributed by atoms with E-state index in [1.165, 1.54) is 18.2 Å². The Morgan fingerprint density at radius 1 is 1.36 bits per heavy atom. The summed E-state index contributed by atoms with van der Waals surface area (Å²) in [6.45, 7) is 1.64. The van der Waals surface area contributed by atoms with E-state index in [1.54, 1.807) is 6.92 Å². The van der Waals surface area contributed by atoms with Gasteiger partial charge in [-0.2, -0.15) is 13.2 Å². The molecule has 22 heavy (non-hydrogen) atoms. The van der Waals surface area contributed by atoms with E-state index in [2.05, 4.69) is 22.3 Å². The van der Waals surface area contributed by atoms with Crippen LogP contribution in [-0.2, 0) is 6.18 Å². The van der Waals surface area contributed by atoms with Gasteiger partial charge in [0, 0.05) is 11.6 Å². The number of alkyl halides is 3. The average Bonchev–Trinajstić information content (AvgIpc) is 2.89. The molecular weight excluding hydrogens is 297 g/mol. The molecule has 0 saturated carbocycles. The highest BCUT2D eigenvalue weighted by molar-refractivity contribution is 5.92. The molecule has 2 aromatic rings. The molecule has 0 bridgehead atoms. The molecule has 1 aromatic heterocycles. The van der Waals surface area contributed by atoms with Gasteiger partial charge in [-0.05, 0) is 25.1 Å². The molecule has 1 heterocycles. The molecule has 0 aliphatic rings. The van der Waals surface area contributed by atoms with Crippen LogP contribution in [0.5, 0.6) is 0 Å². The Hall–Kier alpha value is -2.75. The minimum absolute atomic E-state index is 0.0129. The van der Waals surface area contributed by atoms with Gasteiger partial charge in [-0.15, -0.1) is 0 Å². The van der Waals surface area contributed by atoms with Crippen LogP contribution >= 0.6 is 0 Å². The van der Waals surface area contributed by atoms with Crippen molar-refractivity contribution in [2.24, 2.45) is 0 Å². The highest BCUT2D eigenvalue weighted by atomic mass is 19.4. The van der Waals surface area contributed by atoms with Gasteiger partial charge in [0.1, 0.15) is 5.76 Å². The van der Waals surface area contributed by atoms with Gasteiger partial charge in [0.2, 0.25) is 0 Å². The minimum Gasteiger partial charge on any atom is -0.361 e. The second-order valence-corrected chi connectivity index (χ2v) is 4.39. The van der Waals surface area contributed by atoms with E-state index in [-0.39, 0.29) is 17.8 Å². The summed E-state index contributed by atoms with van der Waals surface area (Å²) in [5.74, 6) is 5.18. The van der Waals surface area contributed by atoms with Crippen LogP contribution in [0.4, 0.5) is 13.2 Å². The van der Waals surface area contributed by atoms with Gasteiger partial charge in [-0.1, -0.05) is 23.1 Å². The number of hydrogen-bond donors (Lipinski definition) is 1. The predicted molar refractivity (Wildman–Crippen MR) is 71.9 cm³/mol. The minimum atomic E-state index is -4.41. The smallest absolute Gasteiger partial charge is 0.361 e. The third-order valence-corrected chi connectivity index (χ3v) is 2.62. The lowest BCUT2D eigenvalue weighted by Gasteiger charge is -2.05. The number of nitrogens with one attached hydrogen (secondary N) is 1. The predicted octanol–water partition coefficient (Wildman–Crippen LogP) is 2.78. The molecule has 4 nitrogen and oxygen atoms in total. The van der Waals surface area contributed by atoms with E-state index >= 15 is 0 Å². The summed E-state index contributed by atoms with van der Waals surface area (Å²) in [5.41, 5.74) is -0.416. The number of halogens is 3. The van der Waals surface area contributed by atoms with Gasteiger partial charge >= 0.3 is 6.18 Å². The van der Waals surface area contributed by atoms with Crippen molar-refractivity contribution in [1.29, 1.82) is 0 Å². The zero-order valence-electron chi connectivity index (χ0n) is 11.5. The third kappa shape index (κ3) is 4.12. The van der Waals surface area contributed by atoms with Gasteiger partial charge in [0.15, 0.2) is 5.69 Å². The fourth-order valence-corrected chi connectivity index (χ4v) is 1.61. The molecule has 7 heteroatoms. The number of aryl methyl sites for hydroxylation is 1. The summed E-state index contributed by atoms with van der Waals surface area (Å²) >= 11 is 0. The van der Waals surface area contributed by atoms with Crippen LogP contribution in [0.25, 0.3) is 0 Å². The molecule has 1 amide bonds. The van der Waals surface area contributed by atoms with Crippen LogP contribution in [-0.4, -0.2) is 17.6 Å². The van der Waals surface area contributed by atoms with Gasteiger partial charge < -0.3 is 9.84 Å². The number of carbonyl (C=O) groups is 1. The van der Waals surface area contributed by atoms with Gasteiger partial charge in [-0.25, -0.2) is 0 Å². The van der Waals surface area contributed by atoms with Crippen molar-refractivity contribution < 1.29 is 22.5 Å². The lowest BCUT2D eigenvalue weighted by atomic mass is 10.1. The second kappa shape index (κ2) is 6.35. The molecule has 2 rings (SSSR count). The van der Waals surface area contributed by atoms with Crippen molar-refractivity contribution in [3.8, 4) is 11.8 Å². The van der Waals surface area contributed by atoms with Gasteiger partial charge in [0.25, 0.3) is 5.91 Å². The fourth-order valence-electron chi connectivity index (χ4n) is 1.61. The first kappa shape index (κ1) is 15.6. The number of hydrogen-bond acceptors (Lipinski definition) is 3. The number of aromatic nitrogens is 1. The normalized spacial score (nSPS) is 10.7. The summed E-state index contributed by atoms with van der Waals surface area (Å²) in [4.78, 5) is 11.6. The zero-order chi connectivity index (χ0) is 16.2. The molecule has 0 aliphatic heterocycles. The standard InChI is InChI=1S/C15H11F3N2O2/c1-10-8-13(20-22-10)14(21)19-7-3-5-11-4-2-6-12(9-11)15(16,17)18/h2,4,6,8-9H,7H2,1H3,(H,19,21). The van der Waals surface area contributed by atoms with Crippen molar-refractivity contribution in [3.63, 3.8) is 0 Å². The van der Waals surface area contributed by atoms with Crippen molar-refractivity contribution in [3.05, 3.63) is 52.9 Å². The maximum Gasteiger partial charge on any atom is 0.416 e. The van der Waals surface area contributed by atoms with Gasteiger partial charge in [0.05, 0.1) is 12.1 Å². The van der Waals surface area contributed by atoms with Gasteiger partial charge in [-0.3, -0.25) is 4.79 Å². The van der Waals surface area contributed by atoms with E-state index in [9.17, 15) is 18.0 Å². The first-order chi connectivity index (χ1) is 10.4. The topological polar surface area (TPSA) is 55.1 Å². The van der Waals surface area contributed by atoms with Crippen molar-refractivity contribution in [2.45, 2.75) is 13.1 Å². The van der Waals surface area contributed by atoms with Crippen molar-refractivity contribution >= 4 is 5.91 Å². The zero-order valence-corrected chi connectivity index (χ0v) is 11.5. The molecule has 0 unspecified atom stereocenters. The van der Waals surface area contributed by atoms with Crippen LogP contribution < -0.4 is 5.32 Å². The molecule has 1 aromatic carbocycles. The van der Waals surface area contributed by atoms with E-state index < -0.39 is 17.6 Å². The summed E-state index contributed by atoms with van der Waals surface area (Å²) in [6, 6.07) is 6.14. The highest BCUT2D eigenvalue weighted by Crippen LogP contribution is 2.29. The molecule has 0 spiro atoms. The average molecular weight is 308 g/mol. The maximum atomic E-state index is 12.5. The van der Waals surface area contributed by atoms with Crippen molar-refractivity contribution in [2.75, 3.05) is 6.54 Å². The molecule has 0 aliphatic carbocycles. The van der Waals surface area contributed by atoms with Crippen LogP contribution in [0, 0.1) is 18.8 Å². The summed E-state index contributed by atoms with van der Waals surface area (Å²) in [6.07, 6.45) is -4.41. The van der Waals surface area contributed by atoms with Crippen molar-refractivity contribution in [1.82, 2.24) is 10.5 Å². The summed E-state index contributed by atoms with van der Waals surface area (Å²) in [5, 5.41) is 6.00. The third-order valence-electron chi connectivity index (χ3n) is 2.62. The van der Waals surface area contributed by atoms with Crippen LogP contribution in [0.15, 0.2) is 34.9 Å². The fraction of sp³-hybridized carbons (Fsp3) is 0.200. The summed E-state index contributed by atoms with van der Waals surface area (Å²) < 4.78 is 42.3. The molecule has 0 saturated heterocycles. The monoisotopic (exact) mass is 308 g/mol. The number of benzene rings is 1. The van der Waals surface area contributed by atoms with E-state index in [0.29, 0.717) is 5.76 Å². The number of nitrogens with zero attached hydrogens (tertiary/aromatic N) is 1. The van der Waals surface area contributed by atoms with E-state index in [4.69, 9.17) is 4.52 Å². The number of amides is 1. The first-order valence-corrected chi connectivity index (χ1v) is 6.24. The molecule has 0 fully saturated rings. The molecule has 114 valence electrons. The maximum absolute atomic E-state index is 12.5. The molecular formula is C15H11F3N2O2. The lowest BCUT2D eigenvalue weighted by Crippen LogP contribution is -2.23. The SMILES string of the molecule is Cc1cc(C(=O)NCC#Cc2cccc(C(F)(F)F)c2)no1. The Balaban J connectivity index is 1.96. The Bertz CT molecular complexity index is 739. The Morgan fingerprint density at radius 3 is 2.77 bits per heavy atom. The molecule has 0 radical (unpaired) electrons. The Kier molecular flexibility index (Phi) is 4.51. The molecule has 1 N–H and O–H groups in total. The second-order valence-electron chi connectivity index (χ2n) is 4.39. The van der Waals surface area contributed by atoms with Crippen LogP contribution in [0.3, 0.4) is 0 Å². The number of rotatable bonds is 2. The van der Waals surface area contributed by atoms with Crippen LogP contribution in [0.1, 0.15) is 27.4 Å². The number of carbonyl (C=O) groups excluding carboxylic acids is 1.